The Balaban J connectivity index is 1.97. The van der Waals surface area contributed by atoms with Gasteiger partial charge in [0.15, 0.2) is 0 Å². The Morgan fingerprint density at radius 1 is 1.30 bits per heavy atom. The third kappa shape index (κ3) is 2.42. The summed E-state index contributed by atoms with van der Waals surface area (Å²) >= 11 is 4.96. The van der Waals surface area contributed by atoms with Crippen LogP contribution in [0.5, 0.6) is 0 Å². The van der Waals surface area contributed by atoms with Gasteiger partial charge in [0.2, 0.25) is 5.82 Å². The lowest BCUT2D eigenvalue weighted by Crippen LogP contribution is -2.34. The maximum absolute atomic E-state index is 6.35. The van der Waals surface area contributed by atoms with E-state index in [1.54, 1.807) is 11.3 Å². The highest BCUT2D eigenvalue weighted by Crippen LogP contribution is 2.30. The van der Waals surface area contributed by atoms with Gasteiger partial charge in [0.25, 0.3) is 5.89 Å². The summed E-state index contributed by atoms with van der Waals surface area (Å²) in [4.78, 5) is 5.37. The van der Waals surface area contributed by atoms with E-state index in [2.05, 4.69) is 26.1 Å². The number of benzene rings is 1. The number of nitrogens with zero attached hydrogens (tertiary/aromatic N) is 2. The van der Waals surface area contributed by atoms with Crippen LogP contribution in [0.4, 0.5) is 0 Å². The van der Waals surface area contributed by atoms with Gasteiger partial charge in [-0.3, -0.25) is 0 Å². The zero-order chi connectivity index (χ0) is 14.2. The molecule has 1 atom stereocenters. The van der Waals surface area contributed by atoms with Crippen LogP contribution in [0.15, 0.2) is 50.8 Å². The standard InChI is InChI=1S/C14H12BrN3OS/c1-14(16,9-5-3-2-4-6-9)13-17-12(18-19-13)11-7-10(15)8-20-11/h2-8H,16H2,1H3. The van der Waals surface area contributed by atoms with E-state index < -0.39 is 5.54 Å². The highest BCUT2D eigenvalue weighted by molar-refractivity contribution is 9.10. The van der Waals surface area contributed by atoms with Crippen molar-refractivity contribution >= 4 is 27.3 Å². The Labute approximate surface area is 128 Å². The Bertz CT molecular complexity index is 721. The maximum Gasteiger partial charge on any atom is 0.251 e. The molecule has 4 nitrogen and oxygen atoms in total. The quantitative estimate of drug-likeness (QED) is 0.781. The fourth-order valence-electron chi connectivity index (χ4n) is 1.87. The molecular weight excluding hydrogens is 338 g/mol. The summed E-state index contributed by atoms with van der Waals surface area (Å²) in [6, 6.07) is 11.7. The summed E-state index contributed by atoms with van der Waals surface area (Å²) in [6.45, 7) is 1.87. The second kappa shape index (κ2) is 5.12. The van der Waals surface area contributed by atoms with Gasteiger partial charge in [-0.25, -0.2) is 0 Å². The van der Waals surface area contributed by atoms with E-state index in [-0.39, 0.29) is 0 Å². The van der Waals surface area contributed by atoms with E-state index in [0.717, 1.165) is 14.9 Å². The van der Waals surface area contributed by atoms with Crippen LogP contribution in [0.25, 0.3) is 10.7 Å². The zero-order valence-electron chi connectivity index (χ0n) is 10.7. The Hall–Kier alpha value is -1.50. The zero-order valence-corrected chi connectivity index (χ0v) is 13.1. The SMILES string of the molecule is CC(N)(c1ccccc1)c1nc(-c2cc(Br)cs2)no1. The van der Waals surface area contributed by atoms with E-state index in [1.807, 2.05) is 48.7 Å². The molecule has 0 spiro atoms. The minimum Gasteiger partial charge on any atom is -0.337 e. The molecule has 3 rings (SSSR count). The number of thiophene rings is 1. The Morgan fingerprint density at radius 3 is 2.70 bits per heavy atom. The molecule has 0 amide bonds. The minimum absolute atomic E-state index is 0.406. The van der Waals surface area contributed by atoms with Gasteiger partial charge in [-0.1, -0.05) is 35.5 Å². The average Bonchev–Trinajstić information content (AvgIpc) is 3.08. The fourth-order valence-corrected chi connectivity index (χ4v) is 3.22. The summed E-state index contributed by atoms with van der Waals surface area (Å²) in [7, 11) is 0. The highest BCUT2D eigenvalue weighted by Gasteiger charge is 2.30. The van der Waals surface area contributed by atoms with Crippen molar-refractivity contribution in [2.24, 2.45) is 5.73 Å². The van der Waals surface area contributed by atoms with Crippen molar-refractivity contribution in [2.45, 2.75) is 12.5 Å². The molecule has 0 aliphatic heterocycles. The molecule has 6 heteroatoms. The molecule has 0 fully saturated rings. The average molecular weight is 350 g/mol. The van der Waals surface area contributed by atoms with E-state index in [1.165, 1.54) is 0 Å². The summed E-state index contributed by atoms with van der Waals surface area (Å²) < 4.78 is 6.36. The number of halogens is 1. The van der Waals surface area contributed by atoms with Crippen molar-refractivity contribution in [1.29, 1.82) is 0 Å². The van der Waals surface area contributed by atoms with Crippen LogP contribution in [0.2, 0.25) is 0 Å². The van der Waals surface area contributed by atoms with Gasteiger partial charge >= 0.3 is 0 Å². The van der Waals surface area contributed by atoms with Crippen molar-refractivity contribution in [3.63, 3.8) is 0 Å². The second-order valence-electron chi connectivity index (χ2n) is 4.62. The first kappa shape index (κ1) is 13.5. The smallest absolute Gasteiger partial charge is 0.251 e. The number of nitrogens with two attached hydrogens (primary N) is 1. The minimum atomic E-state index is -0.805. The van der Waals surface area contributed by atoms with E-state index >= 15 is 0 Å². The van der Waals surface area contributed by atoms with Crippen molar-refractivity contribution in [1.82, 2.24) is 10.1 Å². The summed E-state index contributed by atoms with van der Waals surface area (Å²) in [5.74, 6) is 0.964. The number of aromatic nitrogens is 2. The van der Waals surface area contributed by atoms with Crippen LogP contribution in [-0.2, 0) is 5.54 Å². The molecule has 2 heterocycles. The third-order valence-electron chi connectivity index (χ3n) is 3.03. The molecule has 1 unspecified atom stereocenters. The van der Waals surface area contributed by atoms with E-state index in [9.17, 15) is 0 Å². The molecule has 0 aliphatic rings. The van der Waals surface area contributed by atoms with Gasteiger partial charge in [0.1, 0.15) is 5.54 Å². The molecule has 20 heavy (non-hydrogen) atoms. The van der Waals surface area contributed by atoms with Crippen molar-refractivity contribution in [3.8, 4) is 10.7 Å². The fraction of sp³-hybridized carbons (Fsp3) is 0.143. The first-order valence-corrected chi connectivity index (χ1v) is 7.67. The predicted molar refractivity (Wildman–Crippen MR) is 82.4 cm³/mol. The van der Waals surface area contributed by atoms with Gasteiger partial charge in [-0.05, 0) is 34.5 Å². The first-order valence-electron chi connectivity index (χ1n) is 6.00. The molecule has 102 valence electrons. The monoisotopic (exact) mass is 349 g/mol. The molecule has 2 N–H and O–H groups in total. The largest absolute Gasteiger partial charge is 0.337 e. The molecule has 0 saturated carbocycles. The number of hydrogen-bond donors (Lipinski definition) is 1. The van der Waals surface area contributed by atoms with Gasteiger partial charge in [0.05, 0.1) is 4.88 Å². The van der Waals surface area contributed by atoms with Crippen molar-refractivity contribution < 1.29 is 4.52 Å². The highest BCUT2D eigenvalue weighted by atomic mass is 79.9. The van der Waals surface area contributed by atoms with Gasteiger partial charge in [0, 0.05) is 9.85 Å². The van der Waals surface area contributed by atoms with E-state index in [0.29, 0.717) is 11.7 Å². The maximum atomic E-state index is 6.35. The summed E-state index contributed by atoms with van der Waals surface area (Å²) in [6.07, 6.45) is 0. The number of rotatable bonds is 3. The third-order valence-corrected chi connectivity index (χ3v) is 4.72. The lowest BCUT2D eigenvalue weighted by atomic mass is 9.93. The lowest BCUT2D eigenvalue weighted by Gasteiger charge is -2.19. The van der Waals surface area contributed by atoms with Crippen LogP contribution in [-0.4, -0.2) is 10.1 Å². The summed E-state index contributed by atoms with van der Waals surface area (Å²) in [5.41, 5.74) is 6.48. The van der Waals surface area contributed by atoms with E-state index in [4.69, 9.17) is 10.3 Å². The Kier molecular flexibility index (Phi) is 3.45. The molecular formula is C14H12BrN3OS. The molecule has 2 aromatic heterocycles. The molecule has 1 aromatic carbocycles. The molecule has 0 saturated heterocycles. The van der Waals surface area contributed by atoms with Crippen molar-refractivity contribution in [2.75, 3.05) is 0 Å². The van der Waals surface area contributed by atoms with Crippen molar-refractivity contribution in [3.05, 3.63) is 57.7 Å². The van der Waals surface area contributed by atoms with Crippen LogP contribution in [0.1, 0.15) is 18.4 Å². The number of hydrogen-bond acceptors (Lipinski definition) is 5. The van der Waals surface area contributed by atoms with Crippen LogP contribution in [0.3, 0.4) is 0 Å². The van der Waals surface area contributed by atoms with Gasteiger partial charge in [-0.15, -0.1) is 11.3 Å². The molecule has 0 aliphatic carbocycles. The second-order valence-corrected chi connectivity index (χ2v) is 6.45. The predicted octanol–water partition coefficient (Wildman–Crippen LogP) is 3.78. The van der Waals surface area contributed by atoms with Crippen LogP contribution < -0.4 is 5.73 Å². The van der Waals surface area contributed by atoms with Gasteiger partial charge in [-0.2, -0.15) is 4.98 Å². The van der Waals surface area contributed by atoms with Gasteiger partial charge < -0.3 is 10.3 Å². The molecule has 3 aromatic rings. The normalized spacial score (nSPS) is 14.2. The summed E-state index contributed by atoms with van der Waals surface area (Å²) in [5, 5.41) is 5.99. The van der Waals surface area contributed by atoms with Crippen LogP contribution >= 0.6 is 27.3 Å². The topological polar surface area (TPSA) is 64.9 Å². The Morgan fingerprint density at radius 2 is 2.05 bits per heavy atom. The molecule has 0 bridgehead atoms. The lowest BCUT2D eigenvalue weighted by molar-refractivity contribution is 0.325. The van der Waals surface area contributed by atoms with Crippen LogP contribution in [0, 0.1) is 0 Å². The molecule has 0 radical (unpaired) electrons. The first-order chi connectivity index (χ1) is 9.57.